The second-order valence-corrected chi connectivity index (χ2v) is 17.9. The molecule has 16 nitrogen and oxygen atoms in total. The molecule has 6 N–H and O–H groups in total. The number of piperazine rings is 1. The van der Waals surface area contributed by atoms with Gasteiger partial charge in [0.05, 0.1) is 45.8 Å². The van der Waals surface area contributed by atoms with Gasteiger partial charge in [0, 0.05) is 91.5 Å². The number of nitrogens with one attached hydrogen (secondary N) is 4. The Labute approximate surface area is 390 Å². The van der Waals surface area contributed by atoms with E-state index in [4.69, 9.17) is 25.7 Å². The number of aromatic nitrogens is 8. The van der Waals surface area contributed by atoms with Crippen molar-refractivity contribution in [2.24, 2.45) is 11.7 Å². The van der Waals surface area contributed by atoms with Crippen LogP contribution in [-0.2, 0) is 9.59 Å². The number of benzene rings is 2. The first-order valence-corrected chi connectivity index (χ1v) is 22.8. The van der Waals surface area contributed by atoms with Crippen molar-refractivity contribution < 1.29 is 18.4 Å². The smallest absolute Gasteiger partial charge is 0.239 e. The quantitative estimate of drug-likeness (QED) is 0.0784. The van der Waals surface area contributed by atoms with Crippen LogP contribution in [0.4, 0.5) is 43.2 Å². The summed E-state index contributed by atoms with van der Waals surface area (Å²) in [5.41, 5.74) is 13.1. The van der Waals surface area contributed by atoms with E-state index in [0.29, 0.717) is 95.8 Å². The van der Waals surface area contributed by atoms with Gasteiger partial charge in [-0.1, -0.05) is 27.7 Å². The predicted octanol–water partition coefficient (Wildman–Crippen LogP) is 8.47. The Hall–Kier alpha value is -8.02. The zero-order chi connectivity index (χ0) is 47.2. The fourth-order valence-electron chi connectivity index (χ4n) is 9.10. The summed E-state index contributed by atoms with van der Waals surface area (Å²) in [6, 6.07) is 14.6. The lowest BCUT2D eigenvalue weighted by atomic mass is 9.96. The van der Waals surface area contributed by atoms with Crippen LogP contribution in [0.1, 0.15) is 63.5 Å². The highest BCUT2D eigenvalue weighted by Gasteiger charge is 2.29. The van der Waals surface area contributed by atoms with Crippen molar-refractivity contribution in [1.29, 1.82) is 0 Å². The molecule has 346 valence electrons. The number of piperidine rings is 1. The number of nitrogens with two attached hydrogens (primary N) is 1. The molecule has 6 aromatic heterocycles. The zero-order valence-electron chi connectivity index (χ0n) is 38.0. The first-order valence-electron chi connectivity index (χ1n) is 22.8. The van der Waals surface area contributed by atoms with Crippen molar-refractivity contribution >= 4 is 68.3 Å². The molecule has 2 aliphatic heterocycles. The Morgan fingerprint density at radius 3 is 2.03 bits per heavy atom. The van der Waals surface area contributed by atoms with Gasteiger partial charge in [0.1, 0.15) is 34.6 Å². The minimum Gasteiger partial charge on any atom is -0.370 e. The predicted molar refractivity (Wildman–Crippen MR) is 260 cm³/mol. The molecule has 8 aromatic rings. The maximum absolute atomic E-state index is 16.5. The molecule has 0 aliphatic carbocycles. The summed E-state index contributed by atoms with van der Waals surface area (Å²) in [6.07, 6.45) is 11.8. The van der Waals surface area contributed by atoms with Gasteiger partial charge in [0.25, 0.3) is 0 Å². The van der Waals surface area contributed by atoms with Crippen LogP contribution in [0.5, 0.6) is 0 Å². The summed E-state index contributed by atoms with van der Waals surface area (Å²) >= 11 is 0. The largest absolute Gasteiger partial charge is 0.370 e. The maximum atomic E-state index is 16.5. The molecule has 68 heavy (non-hydrogen) atoms. The van der Waals surface area contributed by atoms with Gasteiger partial charge < -0.3 is 36.5 Å². The number of nitrogens with zero attached hydrogens (tertiary/aromatic N) is 9. The van der Waals surface area contributed by atoms with Crippen molar-refractivity contribution in [2.75, 3.05) is 53.2 Å². The third kappa shape index (κ3) is 8.37. The molecule has 2 saturated heterocycles. The number of fused-ring (bicyclic) bond motifs is 2. The average molecular weight is 917 g/mol. The molecule has 0 spiro atoms. The van der Waals surface area contributed by atoms with Crippen LogP contribution in [-0.4, -0.2) is 84.0 Å². The topological polar surface area (TPSA) is 201 Å². The van der Waals surface area contributed by atoms with Crippen molar-refractivity contribution in [3.63, 3.8) is 0 Å². The summed E-state index contributed by atoms with van der Waals surface area (Å²) in [4.78, 5) is 61.0. The molecule has 0 bridgehead atoms. The molecule has 2 amide bonds. The van der Waals surface area contributed by atoms with E-state index in [2.05, 4.69) is 63.5 Å². The molecule has 2 aliphatic rings. The molecule has 10 rings (SSSR count). The molecule has 0 radical (unpaired) electrons. The van der Waals surface area contributed by atoms with Crippen molar-refractivity contribution in [3.8, 4) is 28.5 Å². The lowest BCUT2D eigenvalue weighted by Crippen LogP contribution is -2.47. The Bertz CT molecular complexity index is 3210. The number of primary amides is 1. The number of rotatable bonds is 12. The Kier molecular flexibility index (Phi) is 11.6. The average Bonchev–Trinajstić information content (AvgIpc) is 3.96. The van der Waals surface area contributed by atoms with Gasteiger partial charge in [0.2, 0.25) is 11.8 Å². The second kappa shape index (κ2) is 18.0. The third-order valence-electron chi connectivity index (χ3n) is 12.8. The van der Waals surface area contributed by atoms with Crippen LogP contribution in [0.3, 0.4) is 0 Å². The highest BCUT2D eigenvalue weighted by atomic mass is 19.1. The van der Waals surface area contributed by atoms with E-state index < -0.39 is 5.82 Å². The number of carbonyl (C=O) groups excluding carboxylic acids is 2. The number of hydrogen-bond acceptors (Lipinski definition) is 12. The highest BCUT2D eigenvalue weighted by Crippen LogP contribution is 2.41. The minimum absolute atomic E-state index is 0.0412. The molecular weight excluding hydrogens is 867 g/mol. The van der Waals surface area contributed by atoms with Crippen molar-refractivity contribution in [1.82, 2.24) is 44.8 Å². The number of pyridine rings is 2. The van der Waals surface area contributed by atoms with E-state index in [-0.39, 0.29) is 47.6 Å². The Balaban J connectivity index is 1.06. The van der Waals surface area contributed by atoms with E-state index in [1.807, 2.05) is 29.4 Å². The first kappa shape index (κ1) is 43.9. The summed E-state index contributed by atoms with van der Waals surface area (Å²) in [5, 5.41) is 11.6. The van der Waals surface area contributed by atoms with E-state index in [1.54, 1.807) is 53.6 Å². The standard InChI is InChI=1S/C50H50F2N14O2/c1-27(2)33-22-57-45(30-5-8-32(51)9-6-30)62-48(33)61-37-12-16-56-50-43(37)40(64-18-13-29(14-19-64)44(53)68)25-66(50)38-21-31(7-10-35(38)52)46-58-23-34(28(3)4)47(63-46)60-36-11-15-55-49-42(36)39(24-59-49)65-20-17-54-41(67)26-65/h5-12,15-16,21-25,27-29H,13-14,17-20,26H2,1-4H3,(H2,53,68)(H,54,67)(H,56,57,61,62)(H2,55,58,59,60,63). The van der Waals surface area contributed by atoms with Crippen LogP contribution >= 0.6 is 0 Å². The SMILES string of the molecule is CC(C)c1cnc(-c2ccc(F)c(-n3cc(N4CCC(C(N)=O)CC4)c4c(Nc5nc(-c6ccc(F)cc6)ncc5C(C)C)ccnc43)c2)nc1Nc1ccnc2[nH]cc(N3CCNC(=O)C3)c12. The van der Waals surface area contributed by atoms with Gasteiger partial charge in [-0.2, -0.15) is 0 Å². The third-order valence-corrected chi connectivity index (χ3v) is 12.8. The molecule has 2 aromatic carbocycles. The summed E-state index contributed by atoms with van der Waals surface area (Å²) < 4.78 is 32.2. The van der Waals surface area contributed by atoms with E-state index in [9.17, 15) is 14.0 Å². The summed E-state index contributed by atoms with van der Waals surface area (Å²) in [5.74, 6) is 0.539. The van der Waals surface area contributed by atoms with Crippen LogP contribution in [0.25, 0.3) is 50.5 Å². The number of H-pyrrole nitrogens is 1. The Morgan fingerprint density at radius 1 is 0.750 bits per heavy atom. The number of carbonyl (C=O) groups is 2. The number of halogens is 2. The lowest BCUT2D eigenvalue weighted by molar-refractivity contribution is -0.122. The van der Waals surface area contributed by atoms with Crippen LogP contribution in [0.15, 0.2) is 91.8 Å². The summed E-state index contributed by atoms with van der Waals surface area (Å²) in [7, 11) is 0. The van der Waals surface area contributed by atoms with Gasteiger partial charge in [-0.15, -0.1) is 0 Å². The maximum Gasteiger partial charge on any atom is 0.239 e. The highest BCUT2D eigenvalue weighted by molar-refractivity contribution is 6.04. The second-order valence-electron chi connectivity index (χ2n) is 17.9. The van der Waals surface area contributed by atoms with Gasteiger partial charge in [-0.05, 0) is 79.3 Å². The number of anilines is 6. The van der Waals surface area contributed by atoms with Gasteiger partial charge in [-0.25, -0.2) is 38.7 Å². The lowest BCUT2D eigenvalue weighted by Gasteiger charge is -2.32. The van der Waals surface area contributed by atoms with Gasteiger partial charge in [-0.3, -0.25) is 14.2 Å². The Morgan fingerprint density at radius 2 is 1.38 bits per heavy atom. The molecule has 2 fully saturated rings. The first-order chi connectivity index (χ1) is 32.9. The summed E-state index contributed by atoms with van der Waals surface area (Å²) in [6.45, 7) is 10.7. The molecular formula is C50H50F2N14O2. The van der Waals surface area contributed by atoms with Crippen LogP contribution in [0.2, 0.25) is 0 Å². The molecule has 0 unspecified atom stereocenters. The molecule has 0 atom stereocenters. The van der Waals surface area contributed by atoms with Gasteiger partial charge in [0.15, 0.2) is 11.6 Å². The van der Waals surface area contributed by atoms with Crippen LogP contribution < -0.4 is 31.5 Å². The van der Waals surface area contributed by atoms with Crippen molar-refractivity contribution in [2.45, 2.75) is 52.4 Å². The van der Waals surface area contributed by atoms with E-state index in [1.165, 1.54) is 18.2 Å². The fourth-order valence-corrected chi connectivity index (χ4v) is 9.10. The number of amides is 2. The molecule has 18 heteroatoms. The normalized spacial score (nSPS) is 14.6. The van der Waals surface area contributed by atoms with E-state index >= 15 is 4.39 Å². The molecule has 8 heterocycles. The number of aromatic amines is 1. The zero-order valence-corrected chi connectivity index (χ0v) is 38.0. The fraction of sp³-hybridized carbons (Fsp3) is 0.280. The van der Waals surface area contributed by atoms with E-state index in [0.717, 1.165) is 33.6 Å². The van der Waals surface area contributed by atoms with Gasteiger partial charge >= 0.3 is 0 Å². The molecule has 0 saturated carbocycles. The minimum atomic E-state index is -0.491. The monoisotopic (exact) mass is 916 g/mol. The number of hydrogen-bond donors (Lipinski definition) is 5. The van der Waals surface area contributed by atoms with Crippen molar-refractivity contribution in [3.05, 3.63) is 115 Å². The van der Waals surface area contributed by atoms with Crippen LogP contribution in [0, 0.1) is 17.6 Å².